The summed E-state index contributed by atoms with van der Waals surface area (Å²) in [6, 6.07) is 9.35. The lowest BCUT2D eigenvalue weighted by Crippen LogP contribution is -2.48. The zero-order valence-electron chi connectivity index (χ0n) is 23.3. The Kier molecular flexibility index (Phi) is 7.26. The molecule has 1 saturated carbocycles. The van der Waals surface area contributed by atoms with Gasteiger partial charge in [0, 0.05) is 17.9 Å². The number of hydrogen-bond acceptors (Lipinski definition) is 2. The van der Waals surface area contributed by atoms with E-state index in [1.165, 1.54) is 48.1 Å². The molecule has 192 valence electrons. The van der Waals surface area contributed by atoms with E-state index in [-0.39, 0.29) is 22.8 Å². The van der Waals surface area contributed by atoms with Crippen LogP contribution in [0.2, 0.25) is 0 Å². The molecule has 1 N–H and O–H groups in total. The largest absolute Gasteiger partial charge is 0.377 e. The Labute approximate surface area is 212 Å². The summed E-state index contributed by atoms with van der Waals surface area (Å²) in [6.07, 6.45) is 5.20. The molecule has 4 heteroatoms. The lowest BCUT2D eigenvalue weighted by molar-refractivity contribution is -0.00347. The Hall–Kier alpha value is -2.07. The number of nitrogens with zero attached hydrogens (tertiary/aromatic N) is 1. The highest BCUT2D eigenvalue weighted by Gasteiger charge is 2.28. The van der Waals surface area contributed by atoms with Crippen LogP contribution >= 0.6 is 0 Å². The van der Waals surface area contributed by atoms with Gasteiger partial charge in [-0.3, -0.25) is 4.79 Å². The van der Waals surface area contributed by atoms with Gasteiger partial charge in [0.25, 0.3) is 5.91 Å². The van der Waals surface area contributed by atoms with E-state index in [0.717, 1.165) is 23.7 Å². The molecule has 1 aromatic carbocycles. The first-order valence-corrected chi connectivity index (χ1v) is 13.6. The highest BCUT2D eigenvalue weighted by atomic mass is 16.5. The minimum Gasteiger partial charge on any atom is -0.377 e. The summed E-state index contributed by atoms with van der Waals surface area (Å²) in [4.78, 5) is 13.3. The summed E-state index contributed by atoms with van der Waals surface area (Å²) in [5, 5.41) is 3.17. The van der Waals surface area contributed by atoms with Gasteiger partial charge in [-0.25, -0.2) is 0 Å². The fraction of sp³-hybridized carbons (Fsp3) is 0.645. The highest BCUT2D eigenvalue weighted by molar-refractivity contribution is 5.97. The van der Waals surface area contributed by atoms with E-state index in [0.29, 0.717) is 19.1 Å². The van der Waals surface area contributed by atoms with E-state index in [2.05, 4.69) is 89.5 Å². The first kappa shape index (κ1) is 26.0. The second-order valence-corrected chi connectivity index (χ2v) is 13.3. The highest BCUT2D eigenvalue weighted by Crippen LogP contribution is 2.37. The minimum atomic E-state index is 0.0239. The van der Waals surface area contributed by atoms with Crippen LogP contribution in [0.5, 0.6) is 0 Å². The average Bonchev–Trinajstić information content (AvgIpc) is 3.05. The average molecular weight is 479 g/mol. The molecule has 0 radical (unpaired) electrons. The molecule has 2 fully saturated rings. The van der Waals surface area contributed by atoms with Crippen LogP contribution in [0.15, 0.2) is 24.3 Å². The van der Waals surface area contributed by atoms with Crippen LogP contribution in [0.3, 0.4) is 0 Å². The third-order valence-corrected chi connectivity index (χ3v) is 8.03. The number of amides is 1. The van der Waals surface area contributed by atoms with Crippen molar-refractivity contribution < 1.29 is 9.53 Å². The summed E-state index contributed by atoms with van der Waals surface area (Å²) in [7, 11) is 0. The van der Waals surface area contributed by atoms with Gasteiger partial charge in [-0.05, 0) is 77.3 Å². The van der Waals surface area contributed by atoms with Crippen LogP contribution < -0.4 is 5.32 Å². The van der Waals surface area contributed by atoms with E-state index in [1.807, 2.05) is 0 Å². The van der Waals surface area contributed by atoms with Gasteiger partial charge in [-0.1, -0.05) is 67.4 Å². The van der Waals surface area contributed by atoms with Crippen LogP contribution in [-0.4, -0.2) is 29.7 Å². The van der Waals surface area contributed by atoms with Crippen molar-refractivity contribution in [2.24, 2.45) is 11.8 Å². The summed E-state index contributed by atoms with van der Waals surface area (Å²) >= 11 is 0. The number of nitrogens with one attached hydrogen (secondary N) is 1. The van der Waals surface area contributed by atoms with Crippen molar-refractivity contribution >= 4 is 5.91 Å². The lowest BCUT2D eigenvalue weighted by Gasteiger charge is -2.29. The van der Waals surface area contributed by atoms with Gasteiger partial charge < -0.3 is 14.6 Å². The number of rotatable bonds is 5. The summed E-state index contributed by atoms with van der Waals surface area (Å²) in [5.41, 5.74) is 7.05. The molecule has 2 aliphatic rings. The molecular weight excluding hydrogens is 432 g/mol. The SMILES string of the molecule is Cc1c(C(=O)NC2COC2)cc(-c2cc(C(C)(C)C)cc(C(C)(C)C)c2)n1CC1CCCC(C)C1. The topological polar surface area (TPSA) is 43.3 Å². The molecule has 0 bridgehead atoms. The van der Waals surface area contributed by atoms with Gasteiger partial charge in [-0.15, -0.1) is 0 Å². The molecule has 1 aliphatic carbocycles. The van der Waals surface area contributed by atoms with E-state index >= 15 is 0 Å². The maximum Gasteiger partial charge on any atom is 0.253 e. The normalized spacial score (nSPS) is 21.6. The molecule has 1 amide bonds. The van der Waals surface area contributed by atoms with Crippen molar-refractivity contribution in [1.82, 2.24) is 9.88 Å². The first-order valence-electron chi connectivity index (χ1n) is 13.6. The molecule has 35 heavy (non-hydrogen) atoms. The Bertz CT molecular complexity index is 1030. The number of carbonyl (C=O) groups excluding carboxylic acids is 1. The molecule has 2 aromatic rings. The van der Waals surface area contributed by atoms with Crippen molar-refractivity contribution in [2.75, 3.05) is 13.2 Å². The Morgan fingerprint density at radius 1 is 1.00 bits per heavy atom. The zero-order chi connectivity index (χ0) is 25.5. The van der Waals surface area contributed by atoms with Gasteiger partial charge in [0.1, 0.15) is 0 Å². The van der Waals surface area contributed by atoms with Crippen LogP contribution in [0.25, 0.3) is 11.3 Å². The van der Waals surface area contributed by atoms with Crippen molar-refractivity contribution in [2.45, 2.75) is 104 Å². The van der Waals surface area contributed by atoms with E-state index in [9.17, 15) is 4.79 Å². The number of aromatic nitrogens is 1. The van der Waals surface area contributed by atoms with Crippen molar-refractivity contribution in [1.29, 1.82) is 0 Å². The van der Waals surface area contributed by atoms with Gasteiger partial charge in [0.05, 0.1) is 24.8 Å². The number of carbonyl (C=O) groups is 1. The molecular formula is C31H46N2O2. The van der Waals surface area contributed by atoms with Gasteiger partial charge in [0.2, 0.25) is 0 Å². The predicted octanol–water partition coefficient (Wildman–Crippen LogP) is 7.01. The molecule has 4 nitrogen and oxygen atoms in total. The fourth-order valence-corrected chi connectivity index (χ4v) is 5.56. The fourth-order valence-electron chi connectivity index (χ4n) is 5.56. The van der Waals surface area contributed by atoms with E-state index < -0.39 is 0 Å². The van der Waals surface area contributed by atoms with Crippen LogP contribution in [0.1, 0.15) is 101 Å². The molecule has 4 rings (SSSR count). The Morgan fingerprint density at radius 2 is 1.63 bits per heavy atom. The molecule has 2 heterocycles. The standard InChI is InChI=1S/C31H46N2O2/c1-20-10-9-11-22(12-20)17-33-21(2)27(29(34)32-26-18-35-19-26)16-28(33)23-13-24(30(3,4)5)15-25(14-23)31(6,7)8/h13-16,20,22,26H,9-12,17-19H2,1-8H3,(H,32,34). The predicted molar refractivity (Wildman–Crippen MR) is 145 cm³/mol. The van der Waals surface area contributed by atoms with Gasteiger partial charge in [0.15, 0.2) is 0 Å². The third kappa shape index (κ3) is 5.85. The first-order chi connectivity index (χ1) is 16.3. The van der Waals surface area contributed by atoms with Crippen LogP contribution in [0, 0.1) is 18.8 Å². The Morgan fingerprint density at radius 3 is 2.14 bits per heavy atom. The molecule has 0 spiro atoms. The molecule has 1 saturated heterocycles. The van der Waals surface area contributed by atoms with Crippen LogP contribution in [-0.2, 0) is 22.1 Å². The number of ether oxygens (including phenoxy) is 1. The molecule has 1 aliphatic heterocycles. The molecule has 2 atom stereocenters. The quantitative estimate of drug-likeness (QED) is 0.502. The summed E-state index contributed by atoms with van der Waals surface area (Å²) in [5.74, 6) is 1.47. The zero-order valence-corrected chi connectivity index (χ0v) is 23.3. The summed E-state index contributed by atoms with van der Waals surface area (Å²) in [6.45, 7) is 20.4. The molecule has 1 aromatic heterocycles. The molecule has 2 unspecified atom stereocenters. The van der Waals surface area contributed by atoms with E-state index in [1.54, 1.807) is 0 Å². The minimum absolute atomic E-state index is 0.0239. The number of hydrogen-bond donors (Lipinski definition) is 1. The third-order valence-electron chi connectivity index (χ3n) is 8.03. The maximum absolute atomic E-state index is 13.3. The van der Waals surface area contributed by atoms with Gasteiger partial charge in [-0.2, -0.15) is 0 Å². The lowest BCUT2D eigenvalue weighted by atomic mass is 9.79. The van der Waals surface area contributed by atoms with Gasteiger partial charge >= 0.3 is 0 Å². The maximum atomic E-state index is 13.3. The second-order valence-electron chi connectivity index (χ2n) is 13.3. The Balaban J connectivity index is 1.81. The second kappa shape index (κ2) is 9.76. The van der Waals surface area contributed by atoms with Crippen molar-refractivity contribution in [3.8, 4) is 11.3 Å². The van der Waals surface area contributed by atoms with Crippen molar-refractivity contribution in [3.05, 3.63) is 46.6 Å². The number of benzene rings is 1. The van der Waals surface area contributed by atoms with E-state index in [4.69, 9.17) is 4.74 Å². The van der Waals surface area contributed by atoms with Crippen LogP contribution in [0.4, 0.5) is 0 Å². The van der Waals surface area contributed by atoms with Crippen molar-refractivity contribution in [3.63, 3.8) is 0 Å². The monoisotopic (exact) mass is 478 g/mol. The summed E-state index contributed by atoms with van der Waals surface area (Å²) < 4.78 is 7.73. The smallest absolute Gasteiger partial charge is 0.253 e.